The van der Waals surface area contributed by atoms with Gasteiger partial charge in [0.05, 0.1) is 29.2 Å². The van der Waals surface area contributed by atoms with Gasteiger partial charge in [-0.2, -0.15) is 0 Å². The van der Waals surface area contributed by atoms with Gasteiger partial charge in [-0.3, -0.25) is 24.4 Å². The average Bonchev–Trinajstić information content (AvgIpc) is 2.65. The minimum Gasteiger partial charge on any atom is -0.405 e. The Morgan fingerprint density at radius 1 is 1.35 bits per heavy atom. The Hall–Kier alpha value is -3.23. The van der Waals surface area contributed by atoms with Crippen LogP contribution in [0.25, 0.3) is 0 Å². The van der Waals surface area contributed by atoms with E-state index in [1.807, 2.05) is 0 Å². The molecule has 1 aromatic heterocycles. The smallest absolute Gasteiger partial charge is 0.313 e. The predicted molar refractivity (Wildman–Crippen MR) is 97.4 cm³/mol. The largest absolute Gasteiger partial charge is 0.405 e. The molecule has 5 N–H and O–H groups in total. The first-order chi connectivity index (χ1) is 12.5. The van der Waals surface area contributed by atoms with Crippen molar-refractivity contribution in [3.8, 4) is 0 Å². The number of hydrogen-bond donors (Lipinski definition) is 3. The molecule has 0 aromatic carbocycles. The number of carbonyl (C=O) groups excluding carboxylic acids is 3. The first kappa shape index (κ1) is 19.1. The molecular formula is C17H22N6O3. The maximum absolute atomic E-state index is 12.6. The molecule has 26 heavy (non-hydrogen) atoms. The molecule has 9 heteroatoms. The summed E-state index contributed by atoms with van der Waals surface area (Å²) in [6.45, 7) is 0.452. The summed E-state index contributed by atoms with van der Waals surface area (Å²) in [4.78, 5) is 45.7. The lowest BCUT2D eigenvalue weighted by Crippen LogP contribution is -2.51. The number of piperidine rings is 1. The second-order valence-electron chi connectivity index (χ2n) is 5.80. The highest BCUT2D eigenvalue weighted by molar-refractivity contribution is 6.40. The lowest BCUT2D eigenvalue weighted by molar-refractivity contribution is -0.144. The lowest BCUT2D eigenvalue weighted by Gasteiger charge is -2.35. The lowest BCUT2D eigenvalue weighted by atomic mass is 9.97. The molecule has 0 saturated carbocycles. The number of carbonyl (C=O) groups is 3. The van der Waals surface area contributed by atoms with Crippen molar-refractivity contribution < 1.29 is 14.4 Å². The Morgan fingerprint density at radius 2 is 2.12 bits per heavy atom. The van der Waals surface area contributed by atoms with Crippen LogP contribution in [-0.2, 0) is 9.59 Å². The van der Waals surface area contributed by atoms with Crippen molar-refractivity contribution in [2.24, 2.45) is 16.5 Å². The van der Waals surface area contributed by atoms with Gasteiger partial charge >= 0.3 is 11.8 Å². The van der Waals surface area contributed by atoms with Crippen LogP contribution in [0.15, 0.2) is 35.7 Å². The molecule has 138 valence electrons. The number of rotatable bonds is 4. The van der Waals surface area contributed by atoms with Crippen molar-refractivity contribution in [3.05, 3.63) is 36.3 Å². The number of nitrogens with one attached hydrogen (secondary N) is 1. The number of amides is 3. The molecule has 1 aliphatic rings. The molecule has 2 heterocycles. The molecule has 1 fully saturated rings. The van der Waals surface area contributed by atoms with Gasteiger partial charge in [-0.05, 0) is 37.6 Å². The highest BCUT2D eigenvalue weighted by Crippen LogP contribution is 2.20. The van der Waals surface area contributed by atoms with E-state index in [0.29, 0.717) is 18.7 Å². The number of nitrogens with two attached hydrogens (primary N) is 2. The van der Waals surface area contributed by atoms with Crippen LogP contribution in [0.5, 0.6) is 0 Å². The van der Waals surface area contributed by atoms with Crippen LogP contribution in [0.4, 0.5) is 5.69 Å². The van der Waals surface area contributed by atoms with Gasteiger partial charge in [0.25, 0.3) is 0 Å². The van der Waals surface area contributed by atoms with Crippen molar-refractivity contribution in [2.45, 2.75) is 25.3 Å². The minimum atomic E-state index is -0.812. The van der Waals surface area contributed by atoms with E-state index in [2.05, 4.69) is 15.3 Å². The van der Waals surface area contributed by atoms with Gasteiger partial charge in [-0.1, -0.05) is 0 Å². The average molecular weight is 358 g/mol. The summed E-state index contributed by atoms with van der Waals surface area (Å²) in [5.74, 6) is -2.16. The first-order valence-electron chi connectivity index (χ1n) is 8.19. The Kier molecular flexibility index (Phi) is 6.42. The second kappa shape index (κ2) is 8.75. The summed E-state index contributed by atoms with van der Waals surface area (Å²) in [5.41, 5.74) is 11.6. The van der Waals surface area contributed by atoms with E-state index >= 15 is 0 Å². The number of primary amides is 1. The number of anilines is 1. The molecule has 1 unspecified atom stereocenters. The van der Waals surface area contributed by atoms with Crippen molar-refractivity contribution >= 4 is 29.1 Å². The third-order valence-electron chi connectivity index (χ3n) is 4.11. The van der Waals surface area contributed by atoms with Gasteiger partial charge < -0.3 is 21.7 Å². The van der Waals surface area contributed by atoms with Crippen molar-refractivity contribution in [1.82, 2.24) is 9.88 Å². The van der Waals surface area contributed by atoms with Gasteiger partial charge in [0.15, 0.2) is 0 Å². The molecule has 1 aliphatic heterocycles. The highest BCUT2D eigenvalue weighted by Gasteiger charge is 2.32. The van der Waals surface area contributed by atoms with Gasteiger partial charge in [0, 0.05) is 19.8 Å². The van der Waals surface area contributed by atoms with Gasteiger partial charge in [-0.15, -0.1) is 0 Å². The number of hydrogen-bond acceptors (Lipinski definition) is 6. The van der Waals surface area contributed by atoms with E-state index in [1.54, 1.807) is 13.1 Å². The van der Waals surface area contributed by atoms with E-state index in [4.69, 9.17) is 11.5 Å². The molecule has 1 aromatic rings. The SMILES string of the molecule is CN=C(C=CN)C1CCCCN1C(=O)C(=O)Nc1cncc(C(N)=O)c1. The topological polar surface area (TPSA) is 144 Å². The standard InChI is InChI=1S/C17H22N6O3/c1-20-13(5-6-18)14-4-2-3-7-23(14)17(26)16(25)22-12-8-11(15(19)24)9-21-10-12/h5-6,8-10,14H,2-4,7,18H2,1H3,(H2,19,24)(H,22,25). The number of aromatic nitrogens is 1. The number of likely N-dealkylation sites (tertiary alicyclic amines) is 1. The van der Waals surface area contributed by atoms with E-state index in [9.17, 15) is 14.4 Å². The van der Waals surface area contributed by atoms with E-state index in [1.165, 1.54) is 29.6 Å². The van der Waals surface area contributed by atoms with Crippen LogP contribution < -0.4 is 16.8 Å². The quantitative estimate of drug-likeness (QED) is 0.514. The Morgan fingerprint density at radius 3 is 2.77 bits per heavy atom. The van der Waals surface area contributed by atoms with Crippen molar-refractivity contribution in [1.29, 1.82) is 0 Å². The van der Waals surface area contributed by atoms with E-state index < -0.39 is 17.7 Å². The molecule has 1 atom stereocenters. The summed E-state index contributed by atoms with van der Waals surface area (Å²) in [6, 6.07) is 1.06. The summed E-state index contributed by atoms with van der Waals surface area (Å²) in [7, 11) is 1.62. The third-order valence-corrected chi connectivity index (χ3v) is 4.11. The fourth-order valence-electron chi connectivity index (χ4n) is 2.87. The van der Waals surface area contributed by atoms with Crippen LogP contribution in [0.3, 0.4) is 0 Å². The second-order valence-corrected chi connectivity index (χ2v) is 5.80. The summed E-state index contributed by atoms with van der Waals surface area (Å²) in [5, 5.41) is 2.46. The predicted octanol–water partition coefficient (Wildman–Crippen LogP) is 0.0433. The first-order valence-corrected chi connectivity index (χ1v) is 8.19. The summed E-state index contributed by atoms with van der Waals surface area (Å²) < 4.78 is 0. The normalized spacial score (nSPS) is 18.0. The Bertz CT molecular complexity index is 759. The molecule has 0 aliphatic carbocycles. The molecule has 0 spiro atoms. The van der Waals surface area contributed by atoms with Crippen LogP contribution in [0, 0.1) is 0 Å². The monoisotopic (exact) mass is 358 g/mol. The molecule has 3 amide bonds. The van der Waals surface area contributed by atoms with Crippen LogP contribution in [0.1, 0.15) is 29.6 Å². The molecular weight excluding hydrogens is 336 g/mol. The molecule has 0 radical (unpaired) electrons. The van der Waals surface area contributed by atoms with Crippen LogP contribution >= 0.6 is 0 Å². The molecule has 2 rings (SSSR count). The Balaban J connectivity index is 2.16. The zero-order valence-electron chi connectivity index (χ0n) is 14.5. The van der Waals surface area contributed by atoms with E-state index in [-0.39, 0.29) is 17.3 Å². The van der Waals surface area contributed by atoms with Gasteiger partial charge in [0.2, 0.25) is 5.91 Å². The maximum atomic E-state index is 12.6. The van der Waals surface area contributed by atoms with Gasteiger partial charge in [-0.25, -0.2) is 0 Å². The minimum absolute atomic E-state index is 0.139. The number of nitrogens with zero attached hydrogens (tertiary/aromatic N) is 3. The van der Waals surface area contributed by atoms with Crippen molar-refractivity contribution in [3.63, 3.8) is 0 Å². The third kappa shape index (κ3) is 4.44. The van der Waals surface area contributed by atoms with Crippen LogP contribution in [-0.4, -0.2) is 53.0 Å². The molecule has 1 saturated heterocycles. The summed E-state index contributed by atoms with van der Waals surface area (Å²) in [6.07, 6.45) is 8.05. The Labute approximate surface area is 151 Å². The van der Waals surface area contributed by atoms with Crippen molar-refractivity contribution in [2.75, 3.05) is 18.9 Å². The van der Waals surface area contributed by atoms with Crippen LogP contribution in [0.2, 0.25) is 0 Å². The fraction of sp³-hybridized carbons (Fsp3) is 0.353. The zero-order chi connectivity index (χ0) is 19.1. The molecule has 0 bridgehead atoms. The van der Waals surface area contributed by atoms with E-state index in [0.717, 1.165) is 12.8 Å². The maximum Gasteiger partial charge on any atom is 0.313 e. The highest BCUT2D eigenvalue weighted by atomic mass is 16.2. The number of pyridine rings is 1. The van der Waals surface area contributed by atoms with Gasteiger partial charge in [0.1, 0.15) is 0 Å². The molecule has 9 nitrogen and oxygen atoms in total. The summed E-state index contributed by atoms with van der Waals surface area (Å²) >= 11 is 0. The number of aliphatic imine (C=N–C) groups is 1. The fourth-order valence-corrected chi connectivity index (χ4v) is 2.87. The zero-order valence-corrected chi connectivity index (χ0v) is 14.5.